The van der Waals surface area contributed by atoms with E-state index in [1.807, 2.05) is 20.8 Å². The molecule has 10 nitrogen and oxygen atoms in total. The lowest BCUT2D eigenvalue weighted by Gasteiger charge is -2.34. The van der Waals surface area contributed by atoms with Crippen LogP contribution in [0.2, 0.25) is 0 Å². The van der Waals surface area contributed by atoms with E-state index in [2.05, 4.69) is 20.1 Å². The van der Waals surface area contributed by atoms with Crippen LogP contribution in [0, 0.1) is 34.2 Å². The van der Waals surface area contributed by atoms with E-state index < -0.39 is 49.8 Å². The molecule has 216 valence electrons. The molecule has 3 unspecified atom stereocenters. The number of hydrogen-bond donors (Lipinski definition) is 2. The Bertz CT molecular complexity index is 1520. The molecule has 3 aromatic rings. The lowest BCUT2D eigenvalue weighted by Crippen LogP contribution is -2.39. The number of aromatic nitrogens is 5. The number of rotatable bonds is 6. The Morgan fingerprint density at radius 2 is 1.85 bits per heavy atom. The largest absolute Gasteiger partial charge is 0.382 e. The van der Waals surface area contributed by atoms with Crippen molar-refractivity contribution in [2.75, 3.05) is 0 Å². The Labute approximate surface area is 229 Å². The van der Waals surface area contributed by atoms with Gasteiger partial charge < -0.3 is 5.11 Å². The summed E-state index contributed by atoms with van der Waals surface area (Å²) in [5.41, 5.74) is -3.17. The highest BCUT2D eigenvalue weighted by Gasteiger charge is 2.69. The predicted octanol–water partition coefficient (Wildman–Crippen LogP) is 3.44. The molecule has 5 atom stereocenters. The number of nitrogens with zero attached hydrogens (tertiary/aromatic N) is 5. The molecule has 5 rings (SSSR count). The van der Waals surface area contributed by atoms with E-state index in [-0.39, 0.29) is 34.9 Å². The van der Waals surface area contributed by atoms with Crippen LogP contribution in [0.5, 0.6) is 0 Å². The zero-order valence-corrected chi connectivity index (χ0v) is 23.1. The van der Waals surface area contributed by atoms with Crippen molar-refractivity contribution >= 4 is 15.9 Å². The van der Waals surface area contributed by atoms with Crippen molar-refractivity contribution in [3.8, 4) is 0 Å². The summed E-state index contributed by atoms with van der Waals surface area (Å²) in [5.74, 6) is -4.00. The van der Waals surface area contributed by atoms with Gasteiger partial charge in [0.1, 0.15) is 41.5 Å². The Morgan fingerprint density at radius 3 is 2.35 bits per heavy atom. The number of hydrogen-bond acceptors (Lipinski definition) is 8. The SMILES string of the molecule is CC12CCC(C(S(=O)(=O)O)C1=O)C2(C)C.C[C@@H](c1ncncc1F)[C@](O)(Cn1cncn1)c1ccc(F)cc1F. The third-order valence-corrected chi connectivity index (χ3v) is 10.1. The number of fused-ring (bicyclic) bond motifs is 2. The van der Waals surface area contributed by atoms with Crippen LogP contribution in [0.1, 0.15) is 57.7 Å². The van der Waals surface area contributed by atoms with Gasteiger partial charge in [-0.05, 0) is 30.2 Å². The quantitative estimate of drug-likeness (QED) is 0.418. The van der Waals surface area contributed by atoms with Crippen LogP contribution in [0.4, 0.5) is 13.2 Å². The van der Waals surface area contributed by atoms with Crippen molar-refractivity contribution in [2.45, 2.75) is 63.9 Å². The van der Waals surface area contributed by atoms with Gasteiger partial charge in [0.05, 0.1) is 18.4 Å². The molecule has 2 aromatic heterocycles. The first-order chi connectivity index (χ1) is 18.5. The topological polar surface area (TPSA) is 148 Å². The molecular formula is C26H30F3N5O5S. The second kappa shape index (κ2) is 10.3. The van der Waals surface area contributed by atoms with Crippen molar-refractivity contribution in [1.29, 1.82) is 0 Å². The number of aliphatic hydroxyl groups is 1. The van der Waals surface area contributed by atoms with Crippen LogP contribution in [0.15, 0.2) is 43.4 Å². The Morgan fingerprint density at radius 1 is 1.15 bits per heavy atom. The molecule has 2 heterocycles. The summed E-state index contributed by atoms with van der Waals surface area (Å²) >= 11 is 0. The van der Waals surface area contributed by atoms with Crippen LogP contribution < -0.4 is 0 Å². The smallest absolute Gasteiger partial charge is 0.275 e. The van der Waals surface area contributed by atoms with E-state index >= 15 is 0 Å². The van der Waals surface area contributed by atoms with Gasteiger partial charge in [-0.15, -0.1) is 0 Å². The maximum atomic E-state index is 14.4. The van der Waals surface area contributed by atoms with Crippen LogP contribution in [-0.4, -0.2) is 53.8 Å². The van der Waals surface area contributed by atoms with Crippen molar-refractivity contribution in [1.82, 2.24) is 24.7 Å². The highest BCUT2D eigenvalue weighted by molar-refractivity contribution is 7.87. The number of Topliss-reactive ketones (excluding diaryl/α,β-unsaturated/α-hetero) is 1. The van der Waals surface area contributed by atoms with Crippen LogP contribution >= 0.6 is 0 Å². The number of ketones is 1. The maximum absolute atomic E-state index is 14.4. The van der Waals surface area contributed by atoms with Crippen molar-refractivity contribution in [2.24, 2.45) is 16.7 Å². The van der Waals surface area contributed by atoms with Gasteiger partial charge >= 0.3 is 0 Å². The first kappa shape index (κ1) is 29.7. The van der Waals surface area contributed by atoms with Crippen LogP contribution in [0.25, 0.3) is 0 Å². The average Bonchev–Trinajstić information content (AvgIpc) is 3.49. The lowest BCUT2D eigenvalue weighted by atomic mass is 9.70. The molecule has 14 heteroatoms. The second-order valence-corrected chi connectivity index (χ2v) is 12.7. The monoisotopic (exact) mass is 581 g/mol. The molecule has 2 bridgehead atoms. The first-order valence-electron chi connectivity index (χ1n) is 12.5. The van der Waals surface area contributed by atoms with Gasteiger partial charge in [0.2, 0.25) is 0 Å². The molecule has 0 aliphatic heterocycles. The van der Waals surface area contributed by atoms with Gasteiger partial charge in [0.15, 0.2) is 11.6 Å². The summed E-state index contributed by atoms with van der Waals surface area (Å²) in [4.78, 5) is 23.2. The Hall–Kier alpha value is -3.23. The number of carbonyl (C=O) groups is 1. The van der Waals surface area contributed by atoms with E-state index in [0.717, 1.165) is 31.1 Å². The van der Waals surface area contributed by atoms with Crippen molar-refractivity contribution in [3.63, 3.8) is 0 Å². The van der Waals surface area contributed by atoms with E-state index in [1.165, 1.54) is 24.3 Å². The third kappa shape index (κ3) is 4.92. The second-order valence-electron chi connectivity index (χ2n) is 11.1. The maximum Gasteiger partial charge on any atom is 0.275 e. The standard InChI is InChI=1S/C16H14F3N5O.C10H16O4S/c1-10(15-14(19)5-20-7-22-15)16(25,6-24-9-21-8-23-24)12-3-2-11(17)4-13(12)18;1-9(2)6-4-5-10(9,3)8(11)7(6)15(12,13)14/h2-5,7-10,25H,6H2,1H3;6-7H,4-5H2,1-3H3,(H,12,13,14)/t10-,16+;/m0./s1. The summed E-state index contributed by atoms with van der Waals surface area (Å²) in [5, 5.41) is 14.0. The highest BCUT2D eigenvalue weighted by Crippen LogP contribution is 2.64. The van der Waals surface area contributed by atoms with Gasteiger partial charge in [0.25, 0.3) is 10.1 Å². The Balaban J connectivity index is 0.000000210. The minimum absolute atomic E-state index is 0.0960. The molecule has 2 N–H and O–H groups in total. The van der Waals surface area contributed by atoms with Crippen molar-refractivity contribution in [3.05, 3.63) is 72.1 Å². The van der Waals surface area contributed by atoms with E-state index in [1.54, 1.807) is 0 Å². The minimum Gasteiger partial charge on any atom is -0.382 e. The summed E-state index contributed by atoms with van der Waals surface area (Å²) in [6.07, 6.45) is 6.10. The highest BCUT2D eigenvalue weighted by atomic mass is 32.2. The van der Waals surface area contributed by atoms with Gasteiger partial charge in [-0.2, -0.15) is 13.5 Å². The zero-order valence-electron chi connectivity index (χ0n) is 22.3. The van der Waals surface area contributed by atoms with Gasteiger partial charge in [-0.1, -0.05) is 33.8 Å². The van der Waals surface area contributed by atoms with Crippen LogP contribution in [-0.2, 0) is 27.1 Å². The number of halogens is 3. The third-order valence-electron chi connectivity index (χ3n) is 8.88. The van der Waals surface area contributed by atoms with E-state index in [4.69, 9.17) is 4.55 Å². The fraction of sp³-hybridized carbons (Fsp3) is 0.500. The molecule has 2 fully saturated rings. The molecule has 0 saturated heterocycles. The zero-order chi connectivity index (χ0) is 29.7. The summed E-state index contributed by atoms with van der Waals surface area (Å²) in [6.45, 7) is 6.92. The van der Waals surface area contributed by atoms with E-state index in [9.17, 15) is 31.5 Å². The lowest BCUT2D eigenvalue weighted by molar-refractivity contribution is -0.128. The fourth-order valence-electron chi connectivity index (χ4n) is 6.07. The first-order valence-corrected chi connectivity index (χ1v) is 14.0. The predicted molar refractivity (Wildman–Crippen MR) is 136 cm³/mol. The molecule has 2 aliphatic rings. The molecule has 0 spiro atoms. The van der Waals surface area contributed by atoms with Gasteiger partial charge in [0, 0.05) is 23.0 Å². The van der Waals surface area contributed by atoms with E-state index in [0.29, 0.717) is 12.5 Å². The summed E-state index contributed by atoms with van der Waals surface area (Å²) in [7, 11) is -4.24. The normalized spacial score (nSPS) is 25.7. The number of carbonyl (C=O) groups excluding carboxylic acids is 1. The van der Waals surface area contributed by atoms with Gasteiger partial charge in [-0.3, -0.25) is 9.35 Å². The van der Waals surface area contributed by atoms with Crippen molar-refractivity contribution < 1.29 is 36.0 Å². The molecule has 40 heavy (non-hydrogen) atoms. The molecule has 0 amide bonds. The molecule has 1 aromatic carbocycles. The molecule has 0 radical (unpaired) electrons. The molecule has 2 aliphatic carbocycles. The van der Waals surface area contributed by atoms with Crippen LogP contribution in [0.3, 0.4) is 0 Å². The molecule has 2 saturated carbocycles. The minimum atomic E-state index is -4.24. The van der Waals surface area contributed by atoms with Gasteiger partial charge in [-0.25, -0.2) is 32.8 Å². The number of benzene rings is 1. The Kier molecular flexibility index (Phi) is 7.67. The fourth-order valence-corrected chi connectivity index (χ4v) is 7.49. The summed E-state index contributed by atoms with van der Waals surface area (Å²) in [6, 6.07) is 2.80. The molecular weight excluding hydrogens is 551 g/mol. The average molecular weight is 582 g/mol. The summed E-state index contributed by atoms with van der Waals surface area (Å²) < 4.78 is 74.5.